The molecule has 3 aromatic rings. The Kier molecular flexibility index (Phi) is 5.36. The Morgan fingerprint density at radius 3 is 2.60 bits per heavy atom. The van der Waals surface area contributed by atoms with Gasteiger partial charge in [0.05, 0.1) is 4.88 Å². The Hall–Kier alpha value is -2.79. The van der Waals surface area contributed by atoms with Gasteiger partial charge in [-0.15, -0.1) is 17.9 Å². The van der Waals surface area contributed by atoms with Crippen molar-refractivity contribution in [3.05, 3.63) is 71.3 Å². The van der Waals surface area contributed by atoms with Crippen LogP contribution in [0.15, 0.2) is 54.4 Å². The Bertz CT molecular complexity index is 871. The first-order chi connectivity index (χ1) is 12.2. The lowest BCUT2D eigenvalue weighted by Gasteiger charge is -2.14. The molecule has 0 amide bonds. The molecule has 0 aliphatic rings. The minimum Gasteiger partial charge on any atom is -0.340 e. The van der Waals surface area contributed by atoms with Gasteiger partial charge in [0, 0.05) is 23.4 Å². The first kappa shape index (κ1) is 17.0. The van der Waals surface area contributed by atoms with E-state index in [9.17, 15) is 4.79 Å². The highest BCUT2D eigenvalue weighted by Gasteiger charge is 2.13. The van der Waals surface area contributed by atoms with Crippen molar-refractivity contribution in [3.8, 4) is 10.7 Å². The molecule has 0 unspecified atom stereocenters. The van der Waals surface area contributed by atoms with Crippen molar-refractivity contribution in [1.82, 2.24) is 9.97 Å². The number of benzene rings is 1. The number of hydrogen-bond donors (Lipinski definition) is 1. The van der Waals surface area contributed by atoms with Gasteiger partial charge in [0.2, 0.25) is 0 Å². The molecule has 2 heterocycles. The Balaban J connectivity index is 1.97. The average molecular weight is 349 g/mol. The number of carbonyl (C=O) groups is 1. The molecule has 2 aromatic heterocycles. The molecule has 0 aliphatic carbocycles. The highest BCUT2D eigenvalue weighted by Crippen LogP contribution is 2.28. The van der Waals surface area contributed by atoms with Crippen LogP contribution in [0.2, 0.25) is 0 Å². The van der Waals surface area contributed by atoms with Crippen molar-refractivity contribution in [1.29, 1.82) is 0 Å². The topological polar surface area (TPSA) is 54.9 Å². The standard InChI is InChI=1S/C20H19N3OS/c1-3-5-17-14(2)21-20(18-6-4-13-25-18)23-19(17)22-16-9-7-15(8-10-16)11-12-24/h3-4,6-10,12-13H,1,5,11H2,2H3,(H,21,22,23). The van der Waals surface area contributed by atoms with Crippen molar-refractivity contribution in [2.45, 2.75) is 19.8 Å². The third-order valence-corrected chi connectivity index (χ3v) is 4.71. The molecule has 0 saturated carbocycles. The molecule has 0 radical (unpaired) electrons. The summed E-state index contributed by atoms with van der Waals surface area (Å²) in [6.45, 7) is 5.83. The van der Waals surface area contributed by atoms with Crippen LogP contribution in [0.1, 0.15) is 16.8 Å². The molecule has 5 heteroatoms. The van der Waals surface area contributed by atoms with Gasteiger partial charge in [0.25, 0.3) is 0 Å². The molecular weight excluding hydrogens is 330 g/mol. The number of aromatic nitrogens is 2. The lowest BCUT2D eigenvalue weighted by atomic mass is 10.1. The van der Waals surface area contributed by atoms with Crippen molar-refractivity contribution in [2.24, 2.45) is 0 Å². The van der Waals surface area contributed by atoms with Crippen LogP contribution in [0.4, 0.5) is 11.5 Å². The molecule has 0 spiro atoms. The van der Waals surface area contributed by atoms with Gasteiger partial charge in [-0.05, 0) is 42.5 Å². The number of rotatable bonds is 7. The molecule has 0 aliphatic heterocycles. The van der Waals surface area contributed by atoms with Crippen LogP contribution in [0.3, 0.4) is 0 Å². The molecule has 25 heavy (non-hydrogen) atoms. The summed E-state index contributed by atoms with van der Waals surface area (Å²) < 4.78 is 0. The maximum Gasteiger partial charge on any atom is 0.171 e. The van der Waals surface area contributed by atoms with E-state index in [-0.39, 0.29) is 0 Å². The molecule has 1 N–H and O–H groups in total. The minimum atomic E-state index is 0.428. The summed E-state index contributed by atoms with van der Waals surface area (Å²) in [6, 6.07) is 11.8. The Morgan fingerprint density at radius 2 is 1.96 bits per heavy atom. The average Bonchev–Trinajstić information content (AvgIpc) is 3.14. The van der Waals surface area contributed by atoms with Crippen LogP contribution in [-0.4, -0.2) is 16.3 Å². The maximum absolute atomic E-state index is 10.6. The summed E-state index contributed by atoms with van der Waals surface area (Å²) in [6.07, 6.45) is 3.89. The fourth-order valence-corrected chi connectivity index (χ4v) is 3.22. The van der Waals surface area contributed by atoms with E-state index < -0.39 is 0 Å². The van der Waals surface area contributed by atoms with Crippen molar-refractivity contribution in [2.75, 3.05) is 5.32 Å². The zero-order valence-corrected chi connectivity index (χ0v) is 14.8. The quantitative estimate of drug-likeness (QED) is 0.495. The van der Waals surface area contributed by atoms with Gasteiger partial charge in [-0.3, -0.25) is 0 Å². The van der Waals surface area contributed by atoms with Crippen LogP contribution in [-0.2, 0) is 17.6 Å². The Morgan fingerprint density at radius 1 is 1.16 bits per heavy atom. The molecule has 0 atom stereocenters. The van der Waals surface area contributed by atoms with Gasteiger partial charge in [-0.2, -0.15) is 0 Å². The van der Waals surface area contributed by atoms with Gasteiger partial charge in [-0.25, -0.2) is 9.97 Å². The smallest absolute Gasteiger partial charge is 0.171 e. The van der Waals surface area contributed by atoms with E-state index in [1.165, 1.54) is 0 Å². The Labute approximate surface area is 151 Å². The predicted molar refractivity (Wildman–Crippen MR) is 103 cm³/mol. The predicted octanol–water partition coefficient (Wildman–Crippen LogP) is 4.73. The van der Waals surface area contributed by atoms with Gasteiger partial charge in [-0.1, -0.05) is 24.3 Å². The van der Waals surface area contributed by atoms with Crippen LogP contribution in [0.5, 0.6) is 0 Å². The molecule has 0 fully saturated rings. The number of aryl methyl sites for hydroxylation is 1. The zero-order valence-electron chi connectivity index (χ0n) is 14.0. The van der Waals surface area contributed by atoms with Crippen LogP contribution in [0.25, 0.3) is 10.7 Å². The van der Waals surface area contributed by atoms with Crippen molar-refractivity contribution < 1.29 is 4.79 Å². The normalized spacial score (nSPS) is 10.4. The van der Waals surface area contributed by atoms with Crippen molar-refractivity contribution in [3.63, 3.8) is 0 Å². The van der Waals surface area contributed by atoms with Crippen LogP contribution < -0.4 is 5.32 Å². The summed E-state index contributed by atoms with van der Waals surface area (Å²) in [5.41, 5.74) is 3.89. The first-order valence-corrected chi connectivity index (χ1v) is 8.91. The lowest BCUT2D eigenvalue weighted by Crippen LogP contribution is -2.05. The summed E-state index contributed by atoms with van der Waals surface area (Å²) in [5.74, 6) is 1.51. The van der Waals surface area contributed by atoms with Gasteiger partial charge in [0.15, 0.2) is 5.82 Å². The van der Waals surface area contributed by atoms with E-state index in [2.05, 4.69) is 16.9 Å². The maximum atomic E-state index is 10.6. The van der Waals surface area contributed by atoms with Crippen molar-refractivity contribution >= 4 is 29.1 Å². The number of nitrogens with zero attached hydrogens (tertiary/aromatic N) is 2. The monoisotopic (exact) mass is 349 g/mol. The number of hydrogen-bond acceptors (Lipinski definition) is 5. The van der Waals surface area contributed by atoms with Crippen LogP contribution in [0, 0.1) is 6.92 Å². The first-order valence-electron chi connectivity index (χ1n) is 8.03. The fraction of sp³-hybridized carbons (Fsp3) is 0.150. The third kappa shape index (κ3) is 4.00. The number of anilines is 2. The fourth-order valence-electron chi connectivity index (χ4n) is 2.56. The highest BCUT2D eigenvalue weighted by molar-refractivity contribution is 7.13. The van der Waals surface area contributed by atoms with Gasteiger partial charge in [0.1, 0.15) is 12.1 Å². The second-order valence-electron chi connectivity index (χ2n) is 5.62. The van der Waals surface area contributed by atoms with E-state index in [0.29, 0.717) is 12.8 Å². The number of nitrogens with one attached hydrogen (secondary N) is 1. The highest BCUT2D eigenvalue weighted by atomic mass is 32.1. The summed E-state index contributed by atoms with van der Waals surface area (Å²) in [4.78, 5) is 21.0. The SMILES string of the molecule is C=CCc1c(C)nc(-c2cccs2)nc1Nc1ccc(CC=O)cc1. The largest absolute Gasteiger partial charge is 0.340 e. The van der Waals surface area contributed by atoms with E-state index in [4.69, 9.17) is 4.98 Å². The molecule has 3 rings (SSSR count). The van der Waals surface area contributed by atoms with Gasteiger partial charge < -0.3 is 10.1 Å². The summed E-state index contributed by atoms with van der Waals surface area (Å²) in [7, 11) is 0. The van der Waals surface area contributed by atoms with E-state index in [1.54, 1.807) is 11.3 Å². The summed E-state index contributed by atoms with van der Waals surface area (Å²) in [5, 5.41) is 5.41. The molecule has 126 valence electrons. The second-order valence-corrected chi connectivity index (χ2v) is 6.57. The lowest BCUT2D eigenvalue weighted by molar-refractivity contribution is -0.107. The second kappa shape index (κ2) is 7.85. The van der Waals surface area contributed by atoms with Crippen LogP contribution >= 0.6 is 11.3 Å². The van der Waals surface area contributed by atoms with E-state index >= 15 is 0 Å². The number of allylic oxidation sites excluding steroid dienone is 1. The third-order valence-electron chi connectivity index (χ3n) is 3.84. The van der Waals surface area contributed by atoms with Gasteiger partial charge >= 0.3 is 0 Å². The molecule has 0 bridgehead atoms. The molecule has 1 aromatic carbocycles. The zero-order chi connectivity index (χ0) is 17.6. The molecule has 0 saturated heterocycles. The minimum absolute atomic E-state index is 0.428. The number of thiophene rings is 1. The molecule has 4 nitrogen and oxygen atoms in total. The molecular formula is C20H19N3OS. The summed E-state index contributed by atoms with van der Waals surface area (Å²) >= 11 is 1.62. The number of aldehydes is 1. The number of carbonyl (C=O) groups excluding carboxylic acids is 1. The van der Waals surface area contributed by atoms with E-state index in [1.807, 2.05) is 54.8 Å². The van der Waals surface area contributed by atoms with E-state index in [0.717, 1.165) is 45.3 Å².